The minimum Gasteiger partial charge on any atom is -0.508 e. The molecule has 6 aromatic rings. The first-order chi connectivity index (χ1) is 34.3. The van der Waals surface area contributed by atoms with Crippen LogP contribution in [-0.2, 0) is 65.7 Å². The number of carbonyl (C=O) groups excluding carboxylic acids is 6. The summed E-state index contributed by atoms with van der Waals surface area (Å²) < 4.78 is 0. The first kappa shape index (κ1) is 50.3. The van der Waals surface area contributed by atoms with E-state index in [1.54, 1.807) is 54.6 Å². The third-order valence-electron chi connectivity index (χ3n) is 12.1. The van der Waals surface area contributed by atoms with Gasteiger partial charge in [-0.25, -0.2) is 4.79 Å². The highest BCUT2D eigenvalue weighted by atomic mass is 16.4. The third kappa shape index (κ3) is 15.2. The van der Waals surface area contributed by atoms with Crippen LogP contribution in [0.25, 0.3) is 11.1 Å². The molecule has 2 aliphatic rings. The van der Waals surface area contributed by atoms with Crippen LogP contribution in [0.3, 0.4) is 0 Å². The van der Waals surface area contributed by atoms with E-state index in [1.165, 1.54) is 24.3 Å². The molecule has 0 spiro atoms. The molecule has 0 saturated carbocycles. The van der Waals surface area contributed by atoms with Crippen LogP contribution in [0.1, 0.15) is 47.1 Å². The van der Waals surface area contributed by atoms with Crippen LogP contribution < -0.4 is 31.9 Å². The van der Waals surface area contributed by atoms with E-state index in [2.05, 4.69) is 31.9 Å². The van der Waals surface area contributed by atoms with Gasteiger partial charge >= 0.3 is 5.97 Å². The van der Waals surface area contributed by atoms with Gasteiger partial charge in [0.05, 0.1) is 0 Å². The van der Waals surface area contributed by atoms with Crippen molar-refractivity contribution >= 4 is 47.1 Å². The minimum atomic E-state index is -1.43. The molecule has 2 heterocycles. The van der Waals surface area contributed by atoms with Gasteiger partial charge in [-0.3, -0.25) is 28.8 Å². The molecule has 0 fully saturated rings. The summed E-state index contributed by atoms with van der Waals surface area (Å²) in [4.78, 5) is 97.4. The van der Waals surface area contributed by atoms with Gasteiger partial charge < -0.3 is 42.1 Å². The van der Waals surface area contributed by atoms with Gasteiger partial charge in [-0.05, 0) is 76.1 Å². The fourth-order valence-electron chi connectivity index (χ4n) is 8.24. The van der Waals surface area contributed by atoms with Gasteiger partial charge in [-0.2, -0.15) is 0 Å². The summed E-state index contributed by atoms with van der Waals surface area (Å²) in [6, 6.07) is 41.3. The summed E-state index contributed by atoms with van der Waals surface area (Å²) in [5, 5.41) is 36.7. The molecular formula is C56H56N6O9. The lowest BCUT2D eigenvalue weighted by molar-refractivity contribution is -0.142. The molecule has 8 N–H and O–H groups in total. The van der Waals surface area contributed by atoms with Crippen LogP contribution in [0.15, 0.2) is 164 Å². The molecule has 0 aliphatic carbocycles. The third-order valence-corrected chi connectivity index (χ3v) is 12.1. The number of anilines is 1. The lowest BCUT2D eigenvalue weighted by Crippen LogP contribution is -2.60. The highest BCUT2D eigenvalue weighted by Crippen LogP contribution is 2.21. The second-order valence-corrected chi connectivity index (χ2v) is 17.5. The van der Waals surface area contributed by atoms with Crippen LogP contribution >= 0.6 is 0 Å². The molecule has 364 valence electrons. The molecule has 15 heteroatoms. The molecule has 0 radical (unpaired) electrons. The number of aryl methyl sites for hydroxylation is 1. The van der Waals surface area contributed by atoms with E-state index in [4.69, 9.17) is 0 Å². The summed E-state index contributed by atoms with van der Waals surface area (Å²) in [6.07, 6.45) is -0.244. The lowest BCUT2D eigenvalue weighted by Gasteiger charge is -2.27. The largest absolute Gasteiger partial charge is 0.508 e. The van der Waals surface area contributed by atoms with Gasteiger partial charge in [-0.15, -0.1) is 0 Å². The molecule has 6 aromatic carbocycles. The number of benzene rings is 6. The van der Waals surface area contributed by atoms with Crippen LogP contribution in [0.5, 0.6) is 5.75 Å². The van der Waals surface area contributed by atoms with Crippen molar-refractivity contribution in [2.24, 2.45) is 0 Å². The Hall–Kier alpha value is -8.59. The number of hydrogen-bond donors (Lipinski definition) is 8. The number of phenols is 1. The number of aromatic hydroxyl groups is 1. The first-order valence-electron chi connectivity index (χ1n) is 23.5. The highest BCUT2D eigenvalue weighted by Gasteiger charge is 2.33. The Kier molecular flexibility index (Phi) is 17.4. The van der Waals surface area contributed by atoms with Crippen molar-refractivity contribution in [2.75, 3.05) is 5.32 Å². The summed E-state index contributed by atoms with van der Waals surface area (Å²) >= 11 is 0. The van der Waals surface area contributed by atoms with Crippen molar-refractivity contribution in [1.82, 2.24) is 26.6 Å². The van der Waals surface area contributed by atoms with Gasteiger partial charge in [0.2, 0.25) is 35.4 Å². The van der Waals surface area contributed by atoms with Crippen LogP contribution in [0, 0.1) is 0 Å². The summed E-state index contributed by atoms with van der Waals surface area (Å²) in [6.45, 7) is 0. The Labute approximate surface area is 411 Å². The second kappa shape index (κ2) is 24.6. The van der Waals surface area contributed by atoms with E-state index in [-0.39, 0.29) is 50.7 Å². The number of hydrogen-bond acceptors (Lipinski definition) is 8. The molecule has 2 aliphatic heterocycles. The monoisotopic (exact) mass is 956 g/mol. The second-order valence-electron chi connectivity index (χ2n) is 17.5. The smallest absolute Gasteiger partial charge is 0.326 e. The molecular weight excluding hydrogens is 901 g/mol. The van der Waals surface area contributed by atoms with E-state index in [9.17, 15) is 43.8 Å². The van der Waals surface area contributed by atoms with Gasteiger partial charge in [0, 0.05) is 44.2 Å². The Morgan fingerprint density at radius 1 is 0.535 bits per heavy atom. The maximum atomic E-state index is 14.8. The number of carboxylic acid groups (broad SMARTS) is 1. The summed E-state index contributed by atoms with van der Waals surface area (Å²) in [5.74, 6) is -5.36. The van der Waals surface area contributed by atoms with E-state index in [0.29, 0.717) is 34.4 Å². The van der Waals surface area contributed by atoms with E-state index in [1.807, 2.05) is 84.9 Å². The highest BCUT2D eigenvalue weighted by molar-refractivity contribution is 5.97. The fourth-order valence-corrected chi connectivity index (χ4v) is 8.24. The lowest BCUT2D eigenvalue weighted by atomic mass is 9.98. The molecule has 2 bridgehead atoms. The normalized spacial score (nSPS) is 18.6. The topological polar surface area (TPSA) is 232 Å². The average molecular weight is 957 g/mol. The molecule has 0 saturated heterocycles. The molecule has 71 heavy (non-hydrogen) atoms. The van der Waals surface area contributed by atoms with Crippen molar-refractivity contribution in [3.05, 3.63) is 192 Å². The Bertz CT molecular complexity index is 2780. The Morgan fingerprint density at radius 2 is 1.04 bits per heavy atom. The van der Waals surface area contributed by atoms with Crippen molar-refractivity contribution in [2.45, 2.75) is 81.6 Å². The Balaban J connectivity index is 1.23. The zero-order chi connectivity index (χ0) is 50.1. The van der Waals surface area contributed by atoms with E-state index in [0.717, 1.165) is 16.7 Å². The zero-order valence-electron chi connectivity index (χ0n) is 38.9. The first-order valence-corrected chi connectivity index (χ1v) is 23.5. The van der Waals surface area contributed by atoms with Crippen LogP contribution in [0.4, 0.5) is 5.69 Å². The number of fused-ring (bicyclic) bond motifs is 18. The Morgan fingerprint density at radius 3 is 1.65 bits per heavy atom. The van der Waals surface area contributed by atoms with Crippen molar-refractivity contribution in [3.8, 4) is 16.9 Å². The predicted molar refractivity (Wildman–Crippen MR) is 268 cm³/mol. The average Bonchev–Trinajstić information content (AvgIpc) is 3.38. The summed E-state index contributed by atoms with van der Waals surface area (Å²) in [5.41, 5.74) is 5.60. The fraction of sp³-hybridized carbons (Fsp3) is 0.232. The molecule has 5 atom stereocenters. The number of nitrogens with one attached hydrogen (secondary N) is 6. The van der Waals surface area contributed by atoms with Crippen LogP contribution in [-0.4, -0.2) is 81.8 Å². The van der Waals surface area contributed by atoms with E-state index < -0.39 is 71.6 Å². The molecule has 8 rings (SSSR count). The number of amides is 6. The number of rotatable bonds is 13. The maximum Gasteiger partial charge on any atom is 0.326 e. The predicted octanol–water partition coefficient (Wildman–Crippen LogP) is 5.20. The van der Waals surface area contributed by atoms with Crippen molar-refractivity contribution in [3.63, 3.8) is 0 Å². The van der Waals surface area contributed by atoms with Gasteiger partial charge in [0.25, 0.3) is 0 Å². The molecule has 6 amide bonds. The number of aliphatic carboxylic acids is 1. The number of phenolic OH excluding ortho intramolecular Hbond substituents is 1. The SMILES string of the molecule is O=C1CCC(=O)N[C@H](CCc2ccccc2)C(=O)N[C@@H](Cc2ccc(-c3ccccc3)cc2)C(=O)N[C@H](Cc2ccccc2)C(=O)N[C@H](C(=O)N[C@@H](Cc2ccc(O)cc2)C(=O)O)Cc2ccc(cc2)N1. The van der Waals surface area contributed by atoms with E-state index >= 15 is 0 Å². The van der Waals surface area contributed by atoms with Gasteiger partial charge in [0.1, 0.15) is 36.0 Å². The number of carbonyl (C=O) groups is 7. The van der Waals surface area contributed by atoms with Crippen LogP contribution in [0.2, 0.25) is 0 Å². The van der Waals surface area contributed by atoms with Gasteiger partial charge in [0.15, 0.2) is 0 Å². The standard InChI is InChI=1S/C56H56N6O9/c63-44-27-20-40(21-28-44)35-49(56(70)71)62-55(69)48-34-39-18-25-43(26-19-39)57-50(64)30-31-51(65)58-45(29-22-36-10-4-1-5-11-36)52(66)59-47(33-38-16-23-42(24-17-38)41-14-8-3-9-15-41)54(68)60-46(53(67)61-48)32-37-12-6-2-7-13-37/h1-21,23-28,45-49,63H,22,29-35H2,(H,57,64)(H,58,65)(H,59,66)(H,60,68)(H,61,67)(H,62,69)(H,70,71)/t45-,46-,47+,48+,49+/m1/s1. The molecule has 0 unspecified atom stereocenters. The zero-order valence-corrected chi connectivity index (χ0v) is 38.9. The summed E-state index contributed by atoms with van der Waals surface area (Å²) in [7, 11) is 0. The molecule has 0 aromatic heterocycles. The van der Waals surface area contributed by atoms with Crippen molar-refractivity contribution < 1.29 is 43.8 Å². The maximum absolute atomic E-state index is 14.8. The molecule has 15 nitrogen and oxygen atoms in total. The quantitative estimate of drug-likeness (QED) is 0.0710. The minimum absolute atomic E-state index is 0.0183. The van der Waals surface area contributed by atoms with Gasteiger partial charge in [-0.1, -0.05) is 140 Å². The number of carboxylic acids is 1. The van der Waals surface area contributed by atoms with Crippen molar-refractivity contribution in [1.29, 1.82) is 0 Å².